The van der Waals surface area contributed by atoms with E-state index in [9.17, 15) is 18.3 Å². The molecule has 0 unspecified atom stereocenters. The summed E-state index contributed by atoms with van der Waals surface area (Å²) in [5.74, 6) is -0.910. The molecule has 1 aromatic carbocycles. The zero-order valence-corrected chi connectivity index (χ0v) is 13.7. The molecule has 0 spiro atoms. The van der Waals surface area contributed by atoms with Crippen LogP contribution in [0.1, 0.15) is 20.8 Å². The van der Waals surface area contributed by atoms with E-state index in [0.29, 0.717) is 5.75 Å². The van der Waals surface area contributed by atoms with Crippen LogP contribution in [0.25, 0.3) is 0 Å². The van der Waals surface area contributed by atoms with Gasteiger partial charge in [-0.2, -0.15) is 4.72 Å². The summed E-state index contributed by atoms with van der Waals surface area (Å²) in [7, 11) is -2.60. The lowest BCUT2D eigenvalue weighted by molar-refractivity contribution is -0.141. The van der Waals surface area contributed by atoms with Gasteiger partial charge in [0.05, 0.1) is 17.0 Å². The number of sulfonamides is 1. The molecule has 0 amide bonds. The first-order valence-corrected chi connectivity index (χ1v) is 7.94. The Morgan fingerprint density at radius 2 is 1.95 bits per heavy atom. The van der Waals surface area contributed by atoms with E-state index in [-0.39, 0.29) is 9.92 Å². The third kappa shape index (κ3) is 4.33. The average molecular weight is 336 g/mol. The average Bonchev–Trinajstić information content (AvgIpc) is 2.34. The van der Waals surface area contributed by atoms with Crippen molar-refractivity contribution in [1.29, 1.82) is 0 Å². The van der Waals surface area contributed by atoms with Crippen LogP contribution in [0.2, 0.25) is 5.02 Å². The molecule has 0 heterocycles. The summed E-state index contributed by atoms with van der Waals surface area (Å²) >= 11 is 5.89. The number of methoxy groups -OCH3 is 1. The van der Waals surface area contributed by atoms with Crippen LogP contribution in [0.4, 0.5) is 0 Å². The van der Waals surface area contributed by atoms with Gasteiger partial charge in [0.25, 0.3) is 0 Å². The molecule has 0 bridgehead atoms. The van der Waals surface area contributed by atoms with E-state index in [4.69, 9.17) is 16.3 Å². The maximum absolute atomic E-state index is 12.3. The number of benzene rings is 1. The van der Waals surface area contributed by atoms with Gasteiger partial charge in [0.2, 0.25) is 10.0 Å². The van der Waals surface area contributed by atoms with E-state index in [1.165, 1.54) is 25.3 Å². The van der Waals surface area contributed by atoms with E-state index in [0.717, 1.165) is 0 Å². The van der Waals surface area contributed by atoms with Gasteiger partial charge in [0, 0.05) is 0 Å². The molecule has 0 aliphatic rings. The molecule has 0 fully saturated rings. The number of hydrogen-bond donors (Lipinski definition) is 2. The lowest BCUT2D eigenvalue weighted by atomic mass is 9.88. The van der Waals surface area contributed by atoms with Gasteiger partial charge >= 0.3 is 5.97 Å². The van der Waals surface area contributed by atoms with Gasteiger partial charge in [0.1, 0.15) is 11.8 Å². The Hall–Kier alpha value is -1.31. The van der Waals surface area contributed by atoms with Gasteiger partial charge in [-0.3, -0.25) is 4.79 Å². The number of halogens is 1. The Labute approximate surface area is 129 Å². The lowest BCUT2D eigenvalue weighted by Crippen LogP contribution is -2.48. The van der Waals surface area contributed by atoms with Gasteiger partial charge in [-0.05, 0) is 23.6 Å². The van der Waals surface area contributed by atoms with Crippen molar-refractivity contribution in [2.24, 2.45) is 5.41 Å². The highest BCUT2D eigenvalue weighted by atomic mass is 35.5. The van der Waals surface area contributed by atoms with E-state index >= 15 is 0 Å². The summed E-state index contributed by atoms with van der Waals surface area (Å²) in [5, 5.41) is 9.31. The molecule has 8 heteroatoms. The lowest BCUT2D eigenvalue weighted by Gasteiger charge is -2.27. The number of carboxylic acids is 1. The molecular formula is C13H18ClNO5S. The molecule has 0 radical (unpaired) electrons. The SMILES string of the molecule is COc1ccc(S(=O)(=O)N[C@H](C(=O)O)C(C)(C)C)cc1Cl. The Morgan fingerprint density at radius 1 is 1.38 bits per heavy atom. The molecule has 1 aromatic rings. The number of rotatable bonds is 5. The van der Waals surface area contributed by atoms with E-state index < -0.39 is 27.4 Å². The standard InChI is InChI=1S/C13H18ClNO5S/c1-13(2,3)11(12(16)17)15-21(18,19)8-5-6-10(20-4)9(14)7-8/h5-7,11,15H,1-4H3,(H,16,17)/t11-/m1/s1. The molecule has 21 heavy (non-hydrogen) atoms. The van der Waals surface area contributed by atoms with Crippen molar-refractivity contribution in [3.05, 3.63) is 23.2 Å². The van der Waals surface area contributed by atoms with Crippen molar-refractivity contribution >= 4 is 27.6 Å². The van der Waals surface area contributed by atoms with Gasteiger partial charge in [0.15, 0.2) is 0 Å². The molecule has 0 saturated carbocycles. The Bertz CT molecular complexity index is 636. The number of aliphatic carboxylic acids is 1. The van der Waals surface area contributed by atoms with Crippen LogP contribution in [0.3, 0.4) is 0 Å². The van der Waals surface area contributed by atoms with Crippen LogP contribution in [-0.2, 0) is 14.8 Å². The summed E-state index contributed by atoms with van der Waals surface area (Å²) < 4.78 is 31.7. The fourth-order valence-electron chi connectivity index (χ4n) is 1.64. The van der Waals surface area contributed by atoms with Crippen LogP contribution in [-0.4, -0.2) is 32.6 Å². The number of ether oxygens (including phenoxy) is 1. The van der Waals surface area contributed by atoms with Crippen LogP contribution in [0, 0.1) is 5.41 Å². The highest BCUT2D eigenvalue weighted by Gasteiger charge is 2.35. The molecule has 0 aliphatic carbocycles. The van der Waals surface area contributed by atoms with Crippen molar-refractivity contribution in [2.45, 2.75) is 31.7 Å². The summed E-state index contributed by atoms with van der Waals surface area (Å²) in [5.41, 5.74) is -0.783. The molecule has 0 aromatic heterocycles. The predicted molar refractivity (Wildman–Crippen MR) is 79.2 cm³/mol. The molecule has 1 rings (SSSR count). The first-order chi connectivity index (χ1) is 9.49. The Kier molecular flexibility index (Phi) is 5.25. The Balaban J connectivity index is 3.17. The van der Waals surface area contributed by atoms with E-state index in [1.807, 2.05) is 0 Å². The first kappa shape index (κ1) is 17.7. The molecular weight excluding hydrogens is 318 g/mol. The molecule has 2 N–H and O–H groups in total. The largest absolute Gasteiger partial charge is 0.495 e. The number of carbonyl (C=O) groups is 1. The monoisotopic (exact) mass is 335 g/mol. The van der Waals surface area contributed by atoms with Crippen LogP contribution in [0.15, 0.2) is 23.1 Å². The van der Waals surface area contributed by atoms with E-state index in [2.05, 4.69) is 4.72 Å². The summed E-state index contributed by atoms with van der Waals surface area (Å²) in [6.07, 6.45) is 0. The second kappa shape index (κ2) is 6.21. The molecule has 6 nitrogen and oxygen atoms in total. The predicted octanol–water partition coefficient (Wildman–Crippen LogP) is 2.13. The summed E-state index contributed by atoms with van der Waals surface area (Å²) in [4.78, 5) is 11.1. The van der Waals surface area contributed by atoms with Crippen molar-refractivity contribution in [2.75, 3.05) is 7.11 Å². The normalized spacial score (nSPS) is 13.8. The topological polar surface area (TPSA) is 92.7 Å². The minimum atomic E-state index is -4.01. The minimum absolute atomic E-state index is 0.121. The van der Waals surface area contributed by atoms with Crippen LogP contribution >= 0.6 is 11.6 Å². The van der Waals surface area contributed by atoms with Crippen LogP contribution < -0.4 is 9.46 Å². The maximum Gasteiger partial charge on any atom is 0.322 e. The third-order valence-corrected chi connectivity index (χ3v) is 4.54. The van der Waals surface area contributed by atoms with E-state index in [1.54, 1.807) is 20.8 Å². The van der Waals surface area contributed by atoms with Crippen molar-refractivity contribution in [3.63, 3.8) is 0 Å². The zero-order valence-electron chi connectivity index (χ0n) is 12.2. The van der Waals surface area contributed by atoms with Crippen LogP contribution in [0.5, 0.6) is 5.75 Å². The van der Waals surface area contributed by atoms with Crippen molar-refractivity contribution in [1.82, 2.24) is 4.72 Å². The molecule has 1 atom stereocenters. The van der Waals surface area contributed by atoms with Gasteiger partial charge in [-0.15, -0.1) is 0 Å². The smallest absolute Gasteiger partial charge is 0.322 e. The molecule has 0 saturated heterocycles. The molecule has 0 aliphatic heterocycles. The number of carboxylic acid groups (broad SMARTS) is 1. The fourth-order valence-corrected chi connectivity index (χ4v) is 3.38. The first-order valence-electron chi connectivity index (χ1n) is 6.07. The summed E-state index contributed by atoms with van der Waals surface area (Å²) in [6.45, 7) is 4.90. The van der Waals surface area contributed by atoms with Crippen molar-refractivity contribution < 1.29 is 23.1 Å². The number of hydrogen-bond acceptors (Lipinski definition) is 4. The highest BCUT2D eigenvalue weighted by molar-refractivity contribution is 7.89. The van der Waals surface area contributed by atoms with Gasteiger partial charge < -0.3 is 9.84 Å². The van der Waals surface area contributed by atoms with Gasteiger partial charge in [-0.1, -0.05) is 32.4 Å². The molecule has 118 valence electrons. The third-order valence-electron chi connectivity index (χ3n) is 2.82. The zero-order chi connectivity index (χ0) is 16.4. The Morgan fingerprint density at radius 3 is 2.33 bits per heavy atom. The fraction of sp³-hybridized carbons (Fsp3) is 0.462. The quantitative estimate of drug-likeness (QED) is 0.859. The minimum Gasteiger partial charge on any atom is -0.495 e. The van der Waals surface area contributed by atoms with Crippen molar-refractivity contribution in [3.8, 4) is 5.75 Å². The number of nitrogens with one attached hydrogen (secondary N) is 1. The highest BCUT2D eigenvalue weighted by Crippen LogP contribution is 2.28. The van der Waals surface area contributed by atoms with Gasteiger partial charge in [-0.25, -0.2) is 8.42 Å². The second-order valence-corrected chi connectivity index (χ2v) is 7.68. The second-order valence-electron chi connectivity index (χ2n) is 5.55. The summed E-state index contributed by atoms with van der Waals surface area (Å²) in [6, 6.07) is 2.66. The maximum atomic E-state index is 12.3.